The van der Waals surface area contributed by atoms with E-state index in [-0.39, 0.29) is 36.4 Å². The van der Waals surface area contributed by atoms with E-state index in [4.69, 9.17) is 9.47 Å². The fourth-order valence-electron chi connectivity index (χ4n) is 2.88. The van der Waals surface area contributed by atoms with Gasteiger partial charge in [-0.1, -0.05) is 6.92 Å². The highest BCUT2D eigenvalue weighted by atomic mass is 127. The Bertz CT molecular complexity index is 637. The van der Waals surface area contributed by atoms with Gasteiger partial charge in [-0.15, -0.1) is 24.0 Å². The zero-order valence-corrected chi connectivity index (χ0v) is 18.3. The fourth-order valence-corrected chi connectivity index (χ4v) is 2.88. The van der Waals surface area contributed by atoms with Crippen LogP contribution in [-0.4, -0.2) is 57.7 Å². The van der Waals surface area contributed by atoms with Gasteiger partial charge in [0, 0.05) is 26.7 Å². The molecule has 1 amide bonds. The van der Waals surface area contributed by atoms with Gasteiger partial charge in [0.15, 0.2) is 17.5 Å². The van der Waals surface area contributed by atoms with Crippen molar-refractivity contribution in [3.63, 3.8) is 0 Å². The van der Waals surface area contributed by atoms with Crippen molar-refractivity contribution in [2.45, 2.75) is 26.3 Å². The topological polar surface area (TPSA) is 75.2 Å². The molecule has 0 unspecified atom stereocenters. The molecule has 1 aromatic rings. The highest BCUT2D eigenvalue weighted by Gasteiger charge is 2.21. The van der Waals surface area contributed by atoms with E-state index in [0.717, 1.165) is 36.8 Å². The van der Waals surface area contributed by atoms with Crippen molar-refractivity contribution in [3.8, 4) is 11.5 Å². The van der Waals surface area contributed by atoms with Crippen LogP contribution in [0.2, 0.25) is 0 Å². The smallest absolute Gasteiger partial charge is 0.239 e. The lowest BCUT2D eigenvalue weighted by Gasteiger charge is -2.32. The fraction of sp³-hybridized carbons (Fsp3) is 0.556. The van der Waals surface area contributed by atoms with Gasteiger partial charge in [0.05, 0.1) is 20.8 Å². The van der Waals surface area contributed by atoms with Crippen LogP contribution in [0.25, 0.3) is 0 Å². The molecule has 0 bridgehead atoms. The lowest BCUT2D eigenvalue weighted by Crippen LogP contribution is -2.47. The number of fused-ring (bicyclic) bond motifs is 1. The minimum absolute atomic E-state index is 0. The van der Waals surface area contributed by atoms with Crippen LogP contribution in [-0.2, 0) is 17.8 Å². The lowest BCUT2D eigenvalue weighted by molar-refractivity contribution is -0.120. The van der Waals surface area contributed by atoms with Crippen molar-refractivity contribution in [2.24, 2.45) is 4.99 Å². The van der Waals surface area contributed by atoms with Crippen molar-refractivity contribution >= 4 is 35.8 Å². The normalized spacial score (nSPS) is 13.4. The second-order valence-electron chi connectivity index (χ2n) is 5.90. The van der Waals surface area contributed by atoms with E-state index < -0.39 is 0 Å². The monoisotopic (exact) mass is 476 g/mol. The van der Waals surface area contributed by atoms with E-state index in [0.29, 0.717) is 13.1 Å². The van der Waals surface area contributed by atoms with Gasteiger partial charge in [0.1, 0.15) is 0 Å². The van der Waals surface area contributed by atoms with Gasteiger partial charge < -0.3 is 25.0 Å². The Kier molecular flexibility index (Phi) is 9.53. The zero-order valence-electron chi connectivity index (χ0n) is 15.9. The van der Waals surface area contributed by atoms with Crippen LogP contribution in [0, 0.1) is 0 Å². The van der Waals surface area contributed by atoms with Crippen molar-refractivity contribution in [1.82, 2.24) is 15.5 Å². The Morgan fingerprint density at radius 2 is 1.85 bits per heavy atom. The zero-order chi connectivity index (χ0) is 18.2. The van der Waals surface area contributed by atoms with E-state index >= 15 is 0 Å². The number of aliphatic imine (C=N–C) groups is 1. The Morgan fingerprint density at radius 3 is 2.42 bits per heavy atom. The maximum Gasteiger partial charge on any atom is 0.239 e. The number of benzene rings is 1. The molecule has 0 saturated carbocycles. The molecule has 0 aliphatic carbocycles. The summed E-state index contributed by atoms with van der Waals surface area (Å²) in [5.74, 6) is 2.19. The van der Waals surface area contributed by atoms with Gasteiger partial charge in [-0.2, -0.15) is 0 Å². The molecule has 0 fully saturated rings. The molecule has 7 nitrogen and oxygen atoms in total. The molecule has 1 heterocycles. The van der Waals surface area contributed by atoms with Crippen molar-refractivity contribution in [1.29, 1.82) is 0 Å². The molecule has 1 aliphatic heterocycles. The molecule has 0 radical (unpaired) electrons. The second-order valence-corrected chi connectivity index (χ2v) is 5.90. The number of rotatable bonds is 6. The summed E-state index contributed by atoms with van der Waals surface area (Å²) in [6.07, 6.45) is 1.81. The van der Waals surface area contributed by atoms with Crippen molar-refractivity contribution < 1.29 is 14.3 Å². The molecule has 1 aromatic carbocycles. The van der Waals surface area contributed by atoms with Crippen LogP contribution in [0.3, 0.4) is 0 Å². The Balaban J connectivity index is 0.00000338. The Labute approximate surface area is 172 Å². The minimum atomic E-state index is -0.0215. The molecule has 146 valence electrons. The third kappa shape index (κ3) is 5.65. The summed E-state index contributed by atoms with van der Waals surface area (Å²) < 4.78 is 10.8. The minimum Gasteiger partial charge on any atom is -0.493 e. The number of methoxy groups -OCH3 is 2. The average molecular weight is 476 g/mol. The maximum atomic E-state index is 11.8. The molecule has 0 atom stereocenters. The summed E-state index contributed by atoms with van der Waals surface area (Å²) in [7, 11) is 5.02. The quantitative estimate of drug-likeness (QED) is 0.372. The van der Waals surface area contributed by atoms with E-state index in [2.05, 4.69) is 20.5 Å². The molecule has 2 rings (SSSR count). The molecule has 8 heteroatoms. The van der Waals surface area contributed by atoms with Crippen LogP contribution in [0.4, 0.5) is 0 Å². The van der Waals surface area contributed by atoms with Crippen LogP contribution in [0.1, 0.15) is 24.5 Å². The molecular formula is C18H29IN4O3. The van der Waals surface area contributed by atoms with Gasteiger partial charge in [-0.05, 0) is 36.1 Å². The Hall–Kier alpha value is -1.71. The van der Waals surface area contributed by atoms with Crippen LogP contribution in [0.5, 0.6) is 11.5 Å². The number of hydrogen-bond acceptors (Lipinski definition) is 4. The first-order valence-electron chi connectivity index (χ1n) is 8.59. The third-order valence-electron chi connectivity index (χ3n) is 4.21. The first-order chi connectivity index (χ1) is 12.1. The van der Waals surface area contributed by atoms with Gasteiger partial charge in [0.25, 0.3) is 0 Å². The molecule has 0 spiro atoms. The number of halogens is 1. The number of amides is 1. The summed E-state index contributed by atoms with van der Waals surface area (Å²) in [5.41, 5.74) is 2.44. The number of carbonyl (C=O) groups is 1. The SMILES string of the molecule is CCCNC(=O)CNC(=NC)N1CCc2cc(OC)c(OC)cc2C1.I. The number of ether oxygens (including phenoxy) is 2. The summed E-state index contributed by atoms with van der Waals surface area (Å²) in [5, 5.41) is 5.99. The first-order valence-corrected chi connectivity index (χ1v) is 8.59. The highest BCUT2D eigenvalue weighted by Crippen LogP contribution is 2.33. The molecule has 1 aliphatic rings. The van der Waals surface area contributed by atoms with Gasteiger partial charge in [-0.3, -0.25) is 9.79 Å². The van der Waals surface area contributed by atoms with Crippen LogP contribution >= 0.6 is 24.0 Å². The average Bonchev–Trinajstić information content (AvgIpc) is 2.65. The van der Waals surface area contributed by atoms with Gasteiger partial charge in [-0.25, -0.2) is 0 Å². The lowest BCUT2D eigenvalue weighted by atomic mass is 9.99. The van der Waals surface area contributed by atoms with E-state index in [1.165, 1.54) is 11.1 Å². The molecule has 0 aromatic heterocycles. The summed E-state index contributed by atoms with van der Waals surface area (Å²) in [6, 6.07) is 4.06. The Morgan fingerprint density at radius 1 is 1.19 bits per heavy atom. The second kappa shape index (κ2) is 11.1. The molecule has 2 N–H and O–H groups in total. The highest BCUT2D eigenvalue weighted by molar-refractivity contribution is 14.0. The van der Waals surface area contributed by atoms with Crippen LogP contribution in [0.15, 0.2) is 17.1 Å². The predicted molar refractivity (Wildman–Crippen MR) is 114 cm³/mol. The summed E-state index contributed by atoms with van der Waals surface area (Å²) in [6.45, 7) is 4.49. The largest absolute Gasteiger partial charge is 0.493 e. The van der Waals surface area contributed by atoms with E-state index in [1.54, 1.807) is 21.3 Å². The summed E-state index contributed by atoms with van der Waals surface area (Å²) in [4.78, 5) is 18.2. The van der Waals surface area contributed by atoms with Crippen molar-refractivity contribution in [2.75, 3.05) is 40.9 Å². The molecule has 26 heavy (non-hydrogen) atoms. The maximum absolute atomic E-state index is 11.8. The number of guanidine groups is 1. The van der Waals surface area contributed by atoms with Gasteiger partial charge in [0.2, 0.25) is 5.91 Å². The van der Waals surface area contributed by atoms with Crippen LogP contribution < -0.4 is 20.1 Å². The predicted octanol–water partition coefficient (Wildman–Crippen LogP) is 1.78. The third-order valence-corrected chi connectivity index (χ3v) is 4.21. The standard InChI is InChI=1S/C18H28N4O3.HI/c1-5-7-20-17(23)11-21-18(19-2)22-8-6-13-9-15(24-3)16(25-4)10-14(13)12-22;/h9-10H,5-8,11-12H2,1-4H3,(H,19,21)(H,20,23);1H. The van der Waals surface area contributed by atoms with Crippen molar-refractivity contribution in [3.05, 3.63) is 23.3 Å². The molecule has 0 saturated heterocycles. The first kappa shape index (κ1) is 22.3. The van der Waals surface area contributed by atoms with Gasteiger partial charge >= 0.3 is 0 Å². The summed E-state index contributed by atoms with van der Waals surface area (Å²) >= 11 is 0. The molecular weight excluding hydrogens is 447 g/mol. The van der Waals surface area contributed by atoms with E-state index in [9.17, 15) is 4.79 Å². The number of nitrogens with one attached hydrogen (secondary N) is 2. The number of carbonyl (C=O) groups excluding carboxylic acids is 1. The number of hydrogen-bond donors (Lipinski definition) is 2. The number of nitrogens with zero attached hydrogens (tertiary/aromatic N) is 2. The van der Waals surface area contributed by atoms with E-state index in [1.807, 2.05) is 19.1 Å².